The van der Waals surface area contributed by atoms with Crippen molar-refractivity contribution < 1.29 is 5.11 Å². The highest BCUT2D eigenvalue weighted by molar-refractivity contribution is 5.31. The normalized spacial score (nSPS) is 17.2. The van der Waals surface area contributed by atoms with Crippen LogP contribution in [0.4, 0.5) is 0 Å². The highest BCUT2D eigenvalue weighted by atomic mass is 16.3. The van der Waals surface area contributed by atoms with Crippen LogP contribution in [-0.2, 0) is 0 Å². The minimum atomic E-state index is -0.487. The lowest BCUT2D eigenvalue weighted by Crippen LogP contribution is -2.01. The Morgan fingerprint density at radius 3 is 3.15 bits per heavy atom. The number of allylic oxidation sites excluding steroid dienone is 3. The number of hydrogen-bond donors (Lipinski definition) is 1. The Hall–Kier alpha value is -1.00. The zero-order valence-electron chi connectivity index (χ0n) is 7.92. The molecule has 1 nitrogen and oxygen atoms in total. The number of rotatable bonds is 3. The Bertz CT molecular complexity index is 252. The van der Waals surface area contributed by atoms with E-state index in [9.17, 15) is 5.11 Å². The summed E-state index contributed by atoms with van der Waals surface area (Å²) >= 11 is 0. The summed E-state index contributed by atoms with van der Waals surface area (Å²) in [6, 6.07) is 0. The number of aliphatic hydroxyl groups excluding tert-OH is 1. The lowest BCUT2D eigenvalue weighted by atomic mass is 10.2. The lowest BCUT2D eigenvalue weighted by molar-refractivity contribution is 0.223. The molecule has 1 N–H and O–H groups in total. The van der Waals surface area contributed by atoms with E-state index < -0.39 is 6.10 Å². The fourth-order valence-corrected chi connectivity index (χ4v) is 1.31. The third-order valence-corrected chi connectivity index (χ3v) is 2.08. The van der Waals surface area contributed by atoms with Crippen LogP contribution in [0, 0.1) is 11.8 Å². The van der Waals surface area contributed by atoms with Crippen LogP contribution < -0.4 is 0 Å². The van der Waals surface area contributed by atoms with E-state index in [1.54, 1.807) is 6.08 Å². The quantitative estimate of drug-likeness (QED) is 0.517. The second-order valence-corrected chi connectivity index (χ2v) is 3.27. The van der Waals surface area contributed by atoms with Gasteiger partial charge in [-0.1, -0.05) is 24.0 Å². The Kier molecular flexibility index (Phi) is 4.35. The average Bonchev–Trinajstić information content (AvgIpc) is 2.64. The Morgan fingerprint density at radius 2 is 2.54 bits per heavy atom. The van der Waals surface area contributed by atoms with E-state index in [0.29, 0.717) is 6.42 Å². The van der Waals surface area contributed by atoms with Crippen LogP contribution in [0.5, 0.6) is 0 Å². The molecule has 0 saturated heterocycles. The topological polar surface area (TPSA) is 20.2 Å². The molecule has 1 atom stereocenters. The van der Waals surface area contributed by atoms with E-state index >= 15 is 0 Å². The van der Waals surface area contributed by atoms with Crippen LogP contribution in [-0.4, -0.2) is 11.2 Å². The van der Waals surface area contributed by atoms with Gasteiger partial charge in [0.15, 0.2) is 0 Å². The first kappa shape index (κ1) is 10.1. The molecule has 1 aliphatic carbocycles. The van der Waals surface area contributed by atoms with Crippen LogP contribution in [0.2, 0.25) is 0 Å². The summed E-state index contributed by atoms with van der Waals surface area (Å²) in [5, 5.41) is 9.39. The maximum Gasteiger partial charge on any atom is 0.115 e. The molecule has 70 valence electrons. The van der Waals surface area contributed by atoms with Crippen molar-refractivity contribution in [3.63, 3.8) is 0 Å². The predicted molar refractivity (Wildman–Crippen MR) is 55.1 cm³/mol. The molecule has 1 heteroatoms. The van der Waals surface area contributed by atoms with Crippen molar-refractivity contribution in [1.82, 2.24) is 0 Å². The molecule has 0 aromatic rings. The van der Waals surface area contributed by atoms with E-state index in [1.807, 2.05) is 0 Å². The first-order valence-electron chi connectivity index (χ1n) is 4.82. The van der Waals surface area contributed by atoms with Gasteiger partial charge >= 0.3 is 0 Å². The summed E-state index contributed by atoms with van der Waals surface area (Å²) < 4.78 is 0. The number of hydrogen-bond acceptors (Lipinski definition) is 1. The molecule has 1 aliphatic rings. The highest BCUT2D eigenvalue weighted by Crippen LogP contribution is 2.16. The van der Waals surface area contributed by atoms with Gasteiger partial charge in [0.1, 0.15) is 6.10 Å². The monoisotopic (exact) mass is 176 g/mol. The van der Waals surface area contributed by atoms with Gasteiger partial charge in [0.05, 0.1) is 0 Å². The van der Waals surface area contributed by atoms with Gasteiger partial charge in [-0.2, -0.15) is 0 Å². The van der Waals surface area contributed by atoms with Gasteiger partial charge in [-0.15, -0.1) is 6.58 Å². The van der Waals surface area contributed by atoms with Crippen LogP contribution in [0.15, 0.2) is 24.3 Å². The second-order valence-electron chi connectivity index (χ2n) is 3.27. The predicted octanol–water partition coefficient (Wildman–Crippen LogP) is 2.43. The van der Waals surface area contributed by atoms with E-state index in [1.165, 1.54) is 12.0 Å². The molecule has 0 heterocycles. The third-order valence-electron chi connectivity index (χ3n) is 2.08. The maximum atomic E-state index is 9.39. The molecule has 13 heavy (non-hydrogen) atoms. The van der Waals surface area contributed by atoms with Gasteiger partial charge in [0.2, 0.25) is 0 Å². The zero-order chi connectivity index (χ0) is 9.52. The van der Waals surface area contributed by atoms with Crippen molar-refractivity contribution in [2.24, 2.45) is 0 Å². The summed E-state index contributed by atoms with van der Waals surface area (Å²) in [7, 11) is 0. The molecule has 0 aromatic heterocycles. The molecular weight excluding hydrogens is 160 g/mol. The fraction of sp³-hybridized carbons (Fsp3) is 0.500. The highest BCUT2D eigenvalue weighted by Gasteiger charge is 2.01. The van der Waals surface area contributed by atoms with Gasteiger partial charge in [0.25, 0.3) is 0 Å². The van der Waals surface area contributed by atoms with E-state index in [2.05, 4.69) is 24.5 Å². The molecular formula is C12H16O. The lowest BCUT2D eigenvalue weighted by Gasteiger charge is -1.98. The van der Waals surface area contributed by atoms with Crippen molar-refractivity contribution in [2.75, 3.05) is 0 Å². The van der Waals surface area contributed by atoms with Crippen molar-refractivity contribution in [3.8, 4) is 11.8 Å². The molecule has 0 aromatic carbocycles. The van der Waals surface area contributed by atoms with Crippen LogP contribution >= 0.6 is 0 Å². The summed E-state index contributed by atoms with van der Waals surface area (Å²) in [5.74, 6) is 5.87. The fourth-order valence-electron chi connectivity index (χ4n) is 1.31. The van der Waals surface area contributed by atoms with Gasteiger partial charge in [-0.05, 0) is 37.7 Å². The van der Waals surface area contributed by atoms with Crippen LogP contribution in [0.1, 0.15) is 32.1 Å². The summed E-state index contributed by atoms with van der Waals surface area (Å²) in [5.41, 5.74) is 1.19. The van der Waals surface area contributed by atoms with Gasteiger partial charge < -0.3 is 5.11 Å². The Morgan fingerprint density at radius 1 is 1.69 bits per heavy atom. The maximum absolute atomic E-state index is 9.39. The Balaban J connectivity index is 2.32. The van der Waals surface area contributed by atoms with Crippen molar-refractivity contribution >= 4 is 0 Å². The Labute approximate surface area is 80.2 Å². The SMILES string of the molecule is C=CCC[C@@H](O)C#CC1=CCCC1. The first-order valence-corrected chi connectivity index (χ1v) is 4.82. The summed E-state index contributed by atoms with van der Waals surface area (Å²) in [6.07, 6.45) is 8.45. The average molecular weight is 176 g/mol. The second kappa shape index (κ2) is 5.61. The van der Waals surface area contributed by atoms with Gasteiger partial charge in [-0.25, -0.2) is 0 Å². The van der Waals surface area contributed by atoms with E-state index in [0.717, 1.165) is 19.3 Å². The molecule has 0 aliphatic heterocycles. The van der Waals surface area contributed by atoms with Crippen LogP contribution in [0.25, 0.3) is 0 Å². The largest absolute Gasteiger partial charge is 0.380 e. The molecule has 0 fully saturated rings. The summed E-state index contributed by atoms with van der Waals surface area (Å²) in [6.45, 7) is 3.60. The van der Waals surface area contributed by atoms with Crippen molar-refractivity contribution in [1.29, 1.82) is 0 Å². The van der Waals surface area contributed by atoms with Crippen molar-refractivity contribution in [3.05, 3.63) is 24.3 Å². The molecule has 1 rings (SSSR count). The van der Waals surface area contributed by atoms with Crippen molar-refractivity contribution in [2.45, 2.75) is 38.2 Å². The molecule has 0 spiro atoms. The standard InChI is InChI=1S/C12H16O/c1-2-3-8-12(13)10-9-11-6-4-5-7-11/h2,6,12-13H,1,3-5,7-8H2/t12-/m1/s1. The number of aliphatic hydroxyl groups is 1. The zero-order valence-corrected chi connectivity index (χ0v) is 7.92. The third kappa shape index (κ3) is 3.96. The molecule has 0 radical (unpaired) electrons. The molecule has 0 amide bonds. The minimum Gasteiger partial charge on any atom is -0.380 e. The minimum absolute atomic E-state index is 0.487. The summed E-state index contributed by atoms with van der Waals surface area (Å²) in [4.78, 5) is 0. The smallest absolute Gasteiger partial charge is 0.115 e. The van der Waals surface area contributed by atoms with E-state index in [4.69, 9.17) is 0 Å². The van der Waals surface area contributed by atoms with Gasteiger partial charge in [0, 0.05) is 0 Å². The van der Waals surface area contributed by atoms with Crippen LogP contribution in [0.3, 0.4) is 0 Å². The molecule has 0 saturated carbocycles. The molecule has 0 bridgehead atoms. The first-order chi connectivity index (χ1) is 6.33. The van der Waals surface area contributed by atoms with Gasteiger partial charge in [-0.3, -0.25) is 0 Å². The van der Waals surface area contributed by atoms with E-state index in [-0.39, 0.29) is 0 Å². The molecule has 0 unspecified atom stereocenters.